The molecule has 6 nitrogen and oxygen atoms in total. The standard InChI is InChI=1S/C21H22FN3O3S2/c1-2-28-18-7-3-16(4-8-18)20-15-29-21(23-20)24-11-13-25(14-12-24)30(26,27)19-9-5-17(22)6-10-19/h3-10,15H,2,11-14H2,1H3. The van der Waals surface area contributed by atoms with Gasteiger partial charge in [-0.2, -0.15) is 4.31 Å². The van der Waals surface area contributed by atoms with Crippen LogP contribution in [-0.4, -0.2) is 50.5 Å². The fourth-order valence-corrected chi connectivity index (χ4v) is 5.62. The average molecular weight is 448 g/mol. The van der Waals surface area contributed by atoms with Gasteiger partial charge in [-0.1, -0.05) is 0 Å². The second-order valence-corrected chi connectivity index (χ2v) is 9.59. The van der Waals surface area contributed by atoms with Gasteiger partial charge in [0.25, 0.3) is 0 Å². The van der Waals surface area contributed by atoms with Crippen LogP contribution in [0.4, 0.5) is 9.52 Å². The molecular formula is C21H22FN3O3S2. The molecular weight excluding hydrogens is 425 g/mol. The number of ether oxygens (including phenoxy) is 1. The SMILES string of the molecule is CCOc1ccc(-c2csc(N3CCN(S(=O)(=O)c4ccc(F)cc4)CC3)n2)cc1. The molecule has 0 radical (unpaired) electrons. The summed E-state index contributed by atoms with van der Waals surface area (Å²) < 4.78 is 45.6. The lowest BCUT2D eigenvalue weighted by Gasteiger charge is -2.33. The number of nitrogens with zero attached hydrogens (tertiary/aromatic N) is 3. The van der Waals surface area contributed by atoms with Crippen molar-refractivity contribution in [1.29, 1.82) is 0 Å². The zero-order valence-corrected chi connectivity index (χ0v) is 18.1. The van der Waals surface area contributed by atoms with Crippen molar-refractivity contribution in [2.45, 2.75) is 11.8 Å². The number of benzene rings is 2. The van der Waals surface area contributed by atoms with Crippen molar-refractivity contribution in [3.63, 3.8) is 0 Å². The lowest BCUT2D eigenvalue weighted by Crippen LogP contribution is -2.48. The Balaban J connectivity index is 1.41. The zero-order chi connectivity index (χ0) is 21.1. The molecule has 0 N–H and O–H groups in total. The molecule has 0 unspecified atom stereocenters. The molecule has 0 atom stereocenters. The van der Waals surface area contributed by atoms with E-state index in [1.807, 2.05) is 36.6 Å². The molecule has 2 heterocycles. The molecule has 3 aromatic rings. The molecule has 0 bridgehead atoms. The van der Waals surface area contributed by atoms with Gasteiger partial charge >= 0.3 is 0 Å². The van der Waals surface area contributed by atoms with Gasteiger partial charge in [-0.3, -0.25) is 0 Å². The summed E-state index contributed by atoms with van der Waals surface area (Å²) in [5, 5.41) is 2.88. The maximum absolute atomic E-state index is 13.1. The highest BCUT2D eigenvalue weighted by molar-refractivity contribution is 7.89. The second kappa shape index (κ2) is 8.71. The first kappa shape index (κ1) is 20.8. The molecule has 1 aliphatic heterocycles. The number of sulfonamides is 1. The molecule has 1 aromatic heterocycles. The monoisotopic (exact) mass is 447 g/mol. The summed E-state index contributed by atoms with van der Waals surface area (Å²) in [6, 6.07) is 12.8. The summed E-state index contributed by atoms with van der Waals surface area (Å²) in [4.78, 5) is 6.94. The first-order chi connectivity index (χ1) is 14.5. The maximum atomic E-state index is 13.1. The molecule has 0 amide bonds. The predicted molar refractivity (Wildman–Crippen MR) is 116 cm³/mol. The Kier molecular flexibility index (Phi) is 6.03. The molecule has 30 heavy (non-hydrogen) atoms. The van der Waals surface area contributed by atoms with E-state index in [0.29, 0.717) is 32.8 Å². The number of hydrogen-bond acceptors (Lipinski definition) is 6. The van der Waals surface area contributed by atoms with Crippen LogP contribution in [0.5, 0.6) is 5.75 Å². The molecule has 9 heteroatoms. The second-order valence-electron chi connectivity index (χ2n) is 6.82. The van der Waals surface area contributed by atoms with E-state index >= 15 is 0 Å². The van der Waals surface area contributed by atoms with Gasteiger partial charge in [-0.25, -0.2) is 17.8 Å². The molecule has 0 spiro atoms. The summed E-state index contributed by atoms with van der Waals surface area (Å²) in [5.41, 5.74) is 1.90. The van der Waals surface area contributed by atoms with Crippen molar-refractivity contribution in [2.24, 2.45) is 0 Å². The summed E-state index contributed by atoms with van der Waals surface area (Å²) in [6.45, 7) is 4.40. The summed E-state index contributed by atoms with van der Waals surface area (Å²) in [7, 11) is -3.62. The van der Waals surface area contributed by atoms with E-state index in [4.69, 9.17) is 9.72 Å². The van der Waals surface area contributed by atoms with E-state index in [1.54, 1.807) is 11.3 Å². The van der Waals surface area contributed by atoms with Crippen LogP contribution in [0.3, 0.4) is 0 Å². The van der Waals surface area contributed by atoms with Crippen molar-refractivity contribution in [3.8, 4) is 17.0 Å². The van der Waals surface area contributed by atoms with Crippen LogP contribution in [-0.2, 0) is 10.0 Å². The lowest BCUT2D eigenvalue weighted by atomic mass is 10.2. The summed E-state index contributed by atoms with van der Waals surface area (Å²) in [6.07, 6.45) is 0. The van der Waals surface area contributed by atoms with Gasteiger partial charge < -0.3 is 9.64 Å². The Morgan fingerprint density at radius 1 is 1.03 bits per heavy atom. The van der Waals surface area contributed by atoms with Gasteiger partial charge in [-0.05, 0) is 55.5 Å². The average Bonchev–Trinajstić information content (AvgIpc) is 3.25. The largest absolute Gasteiger partial charge is 0.494 e. The van der Waals surface area contributed by atoms with Crippen LogP contribution in [0.15, 0.2) is 58.8 Å². The van der Waals surface area contributed by atoms with E-state index < -0.39 is 15.8 Å². The van der Waals surface area contributed by atoms with Crippen LogP contribution in [0.25, 0.3) is 11.3 Å². The zero-order valence-electron chi connectivity index (χ0n) is 16.5. The predicted octanol–water partition coefficient (Wildman–Crippen LogP) is 3.86. The van der Waals surface area contributed by atoms with Crippen molar-refractivity contribution < 1.29 is 17.5 Å². The van der Waals surface area contributed by atoms with Crippen molar-refractivity contribution >= 4 is 26.5 Å². The lowest BCUT2D eigenvalue weighted by molar-refractivity contribution is 0.340. The Morgan fingerprint density at radius 3 is 2.33 bits per heavy atom. The molecule has 1 aliphatic rings. The fourth-order valence-electron chi connectivity index (χ4n) is 3.31. The van der Waals surface area contributed by atoms with Gasteiger partial charge in [0.05, 0.1) is 17.2 Å². The first-order valence-electron chi connectivity index (χ1n) is 9.67. The minimum atomic E-state index is -3.62. The van der Waals surface area contributed by atoms with E-state index in [-0.39, 0.29) is 4.90 Å². The third-order valence-corrected chi connectivity index (χ3v) is 7.73. The molecule has 1 saturated heterocycles. The van der Waals surface area contributed by atoms with Crippen LogP contribution in [0.1, 0.15) is 6.92 Å². The van der Waals surface area contributed by atoms with E-state index in [9.17, 15) is 12.8 Å². The van der Waals surface area contributed by atoms with Gasteiger partial charge in [0.2, 0.25) is 10.0 Å². The molecule has 0 aliphatic carbocycles. The number of hydrogen-bond donors (Lipinski definition) is 0. The smallest absolute Gasteiger partial charge is 0.243 e. The number of aromatic nitrogens is 1. The summed E-state index contributed by atoms with van der Waals surface area (Å²) >= 11 is 1.55. The van der Waals surface area contributed by atoms with Gasteiger partial charge in [-0.15, -0.1) is 11.3 Å². The van der Waals surface area contributed by atoms with Crippen LogP contribution in [0.2, 0.25) is 0 Å². The molecule has 2 aromatic carbocycles. The number of thiazole rings is 1. The Labute approximate surface area is 179 Å². The van der Waals surface area contributed by atoms with E-state index in [2.05, 4.69) is 4.90 Å². The van der Waals surface area contributed by atoms with Gasteiger partial charge in [0.15, 0.2) is 5.13 Å². The van der Waals surface area contributed by atoms with Gasteiger partial charge in [0, 0.05) is 37.1 Å². The maximum Gasteiger partial charge on any atom is 0.243 e. The minimum absolute atomic E-state index is 0.115. The first-order valence-corrected chi connectivity index (χ1v) is 12.0. The third-order valence-electron chi connectivity index (χ3n) is 4.91. The molecule has 4 rings (SSSR count). The van der Waals surface area contributed by atoms with Gasteiger partial charge in [0.1, 0.15) is 11.6 Å². The Morgan fingerprint density at radius 2 is 1.70 bits per heavy atom. The van der Waals surface area contributed by atoms with Crippen LogP contribution < -0.4 is 9.64 Å². The van der Waals surface area contributed by atoms with E-state index in [0.717, 1.165) is 22.1 Å². The Bertz CT molecular complexity index is 1090. The van der Waals surface area contributed by atoms with Crippen molar-refractivity contribution in [2.75, 3.05) is 37.7 Å². The Hall–Kier alpha value is -2.49. The quantitative estimate of drug-likeness (QED) is 0.574. The number of rotatable bonds is 6. The minimum Gasteiger partial charge on any atom is -0.494 e. The highest BCUT2D eigenvalue weighted by atomic mass is 32.2. The molecule has 0 saturated carbocycles. The fraction of sp³-hybridized carbons (Fsp3) is 0.286. The van der Waals surface area contributed by atoms with Crippen LogP contribution >= 0.6 is 11.3 Å². The topological polar surface area (TPSA) is 62.7 Å². The molecule has 1 fully saturated rings. The number of halogens is 1. The molecule has 158 valence electrons. The van der Waals surface area contributed by atoms with Crippen molar-refractivity contribution in [1.82, 2.24) is 9.29 Å². The van der Waals surface area contributed by atoms with E-state index in [1.165, 1.54) is 28.6 Å². The summed E-state index contributed by atoms with van der Waals surface area (Å²) in [5.74, 6) is 0.376. The number of anilines is 1. The normalized spacial score (nSPS) is 15.3. The van der Waals surface area contributed by atoms with Crippen LogP contribution in [0, 0.1) is 5.82 Å². The highest BCUT2D eigenvalue weighted by Gasteiger charge is 2.29. The van der Waals surface area contributed by atoms with Crippen molar-refractivity contribution in [3.05, 3.63) is 59.7 Å². The number of piperazine rings is 1. The third kappa shape index (κ3) is 4.33. The highest BCUT2D eigenvalue weighted by Crippen LogP contribution is 2.30.